The molecule has 0 unspecified atom stereocenters. The highest BCUT2D eigenvalue weighted by Crippen LogP contribution is 2.07. The van der Waals surface area contributed by atoms with Gasteiger partial charge in [0.2, 0.25) is 5.89 Å². The molecule has 0 atom stereocenters. The molecule has 0 aliphatic carbocycles. The van der Waals surface area contributed by atoms with Gasteiger partial charge in [-0.05, 0) is 11.6 Å². The van der Waals surface area contributed by atoms with Crippen molar-refractivity contribution >= 4 is 11.9 Å². The quantitative estimate of drug-likeness (QED) is 0.745. The van der Waals surface area contributed by atoms with Gasteiger partial charge in [0, 0.05) is 26.9 Å². The Bertz CT molecular complexity index is 309. The van der Waals surface area contributed by atoms with E-state index in [-0.39, 0.29) is 6.42 Å². The van der Waals surface area contributed by atoms with Crippen LogP contribution in [0.4, 0.5) is 5.95 Å². The van der Waals surface area contributed by atoms with Crippen molar-refractivity contribution in [1.29, 1.82) is 0 Å². The summed E-state index contributed by atoms with van der Waals surface area (Å²) in [5.41, 5.74) is 0. The Labute approximate surface area is 81.5 Å². The van der Waals surface area contributed by atoms with E-state index in [2.05, 4.69) is 10.1 Å². The van der Waals surface area contributed by atoms with Gasteiger partial charge in [0.15, 0.2) is 0 Å². The number of aryl methyl sites for hydroxylation is 1. The molecule has 14 heavy (non-hydrogen) atoms. The molecule has 6 heteroatoms. The van der Waals surface area contributed by atoms with Crippen LogP contribution < -0.4 is 4.90 Å². The molecule has 0 aliphatic heterocycles. The zero-order valence-corrected chi connectivity index (χ0v) is 8.23. The molecule has 0 amide bonds. The van der Waals surface area contributed by atoms with Gasteiger partial charge in [0.25, 0.3) is 5.95 Å². The molecule has 1 aromatic rings. The van der Waals surface area contributed by atoms with E-state index in [1.54, 1.807) is 4.90 Å². The smallest absolute Gasteiger partial charge is 0.303 e. The van der Waals surface area contributed by atoms with E-state index in [9.17, 15) is 4.79 Å². The van der Waals surface area contributed by atoms with E-state index in [1.807, 2.05) is 14.1 Å². The Morgan fingerprint density at radius 2 is 2.29 bits per heavy atom. The van der Waals surface area contributed by atoms with E-state index < -0.39 is 5.97 Å². The number of hydrogen-bond acceptors (Lipinski definition) is 5. The monoisotopic (exact) mass is 199 g/mol. The van der Waals surface area contributed by atoms with E-state index >= 15 is 0 Å². The summed E-state index contributed by atoms with van der Waals surface area (Å²) in [6.45, 7) is 0. The first-order valence-corrected chi connectivity index (χ1v) is 4.31. The molecule has 0 saturated heterocycles. The largest absolute Gasteiger partial charge is 0.481 e. The Morgan fingerprint density at radius 3 is 2.79 bits per heavy atom. The highest BCUT2D eigenvalue weighted by atomic mass is 16.5. The molecule has 78 valence electrons. The lowest BCUT2D eigenvalue weighted by Crippen LogP contribution is -2.10. The molecule has 0 spiro atoms. The predicted molar refractivity (Wildman–Crippen MR) is 49.2 cm³/mol. The summed E-state index contributed by atoms with van der Waals surface area (Å²) < 4.78 is 4.91. The minimum absolute atomic E-state index is 0.125. The third-order valence-electron chi connectivity index (χ3n) is 1.64. The van der Waals surface area contributed by atoms with Gasteiger partial charge in [-0.1, -0.05) is 0 Å². The van der Waals surface area contributed by atoms with Crippen LogP contribution in [0.3, 0.4) is 0 Å². The molecule has 0 saturated carbocycles. The van der Waals surface area contributed by atoms with Gasteiger partial charge in [0.05, 0.1) is 0 Å². The molecule has 1 N–H and O–H groups in total. The summed E-state index contributed by atoms with van der Waals surface area (Å²) in [5.74, 6) is 0.183. The van der Waals surface area contributed by atoms with Crippen molar-refractivity contribution in [2.45, 2.75) is 19.3 Å². The Kier molecular flexibility index (Phi) is 3.44. The summed E-state index contributed by atoms with van der Waals surface area (Å²) in [4.78, 5) is 16.0. The number of carbonyl (C=O) groups is 1. The summed E-state index contributed by atoms with van der Waals surface area (Å²) in [6, 6.07) is 0. The van der Waals surface area contributed by atoms with Crippen molar-refractivity contribution < 1.29 is 14.4 Å². The second-order valence-electron chi connectivity index (χ2n) is 3.13. The molecule has 0 fully saturated rings. The minimum Gasteiger partial charge on any atom is -0.481 e. The van der Waals surface area contributed by atoms with Crippen LogP contribution in [-0.4, -0.2) is 35.3 Å². The molecule has 0 aromatic carbocycles. The predicted octanol–water partition coefficient (Wildman–Crippen LogP) is 0.543. The van der Waals surface area contributed by atoms with E-state index in [0.29, 0.717) is 24.7 Å². The summed E-state index contributed by atoms with van der Waals surface area (Å²) in [5, 5.41) is 12.1. The SMILES string of the molecule is CN(C)c1noc(CCCC(=O)O)n1. The maximum absolute atomic E-state index is 10.2. The van der Waals surface area contributed by atoms with Crippen molar-refractivity contribution in [3.63, 3.8) is 0 Å². The van der Waals surface area contributed by atoms with Gasteiger partial charge in [-0.25, -0.2) is 0 Å². The molecule has 1 aromatic heterocycles. The zero-order chi connectivity index (χ0) is 10.6. The van der Waals surface area contributed by atoms with E-state index in [4.69, 9.17) is 9.63 Å². The lowest BCUT2D eigenvalue weighted by atomic mass is 10.2. The molecular formula is C8H13N3O3. The summed E-state index contributed by atoms with van der Waals surface area (Å²) in [6.07, 6.45) is 1.15. The Morgan fingerprint density at radius 1 is 1.57 bits per heavy atom. The van der Waals surface area contributed by atoms with Gasteiger partial charge in [-0.2, -0.15) is 4.98 Å². The number of nitrogens with zero attached hydrogens (tertiary/aromatic N) is 3. The van der Waals surface area contributed by atoms with Crippen LogP contribution in [0.2, 0.25) is 0 Å². The fourth-order valence-corrected chi connectivity index (χ4v) is 0.920. The average Bonchev–Trinajstić information content (AvgIpc) is 2.52. The molecule has 0 aliphatic rings. The third-order valence-corrected chi connectivity index (χ3v) is 1.64. The highest BCUT2D eigenvalue weighted by molar-refractivity contribution is 5.66. The summed E-state index contributed by atoms with van der Waals surface area (Å²) >= 11 is 0. The van der Waals surface area contributed by atoms with Crippen LogP contribution >= 0.6 is 0 Å². The Hall–Kier alpha value is -1.59. The highest BCUT2D eigenvalue weighted by Gasteiger charge is 2.07. The van der Waals surface area contributed by atoms with Crippen LogP contribution in [0, 0.1) is 0 Å². The summed E-state index contributed by atoms with van der Waals surface area (Å²) in [7, 11) is 3.62. The fraction of sp³-hybridized carbons (Fsp3) is 0.625. The van der Waals surface area contributed by atoms with Crippen molar-refractivity contribution in [3.05, 3.63) is 5.89 Å². The molecule has 0 bridgehead atoms. The molecule has 1 rings (SSSR count). The lowest BCUT2D eigenvalue weighted by Gasteiger charge is -2.02. The van der Waals surface area contributed by atoms with Crippen LogP contribution in [0.5, 0.6) is 0 Å². The number of hydrogen-bond donors (Lipinski definition) is 1. The number of anilines is 1. The normalized spacial score (nSPS) is 10.1. The van der Waals surface area contributed by atoms with Gasteiger partial charge in [-0.3, -0.25) is 4.79 Å². The van der Waals surface area contributed by atoms with Gasteiger partial charge < -0.3 is 14.5 Å². The van der Waals surface area contributed by atoms with Gasteiger partial charge in [0.1, 0.15) is 0 Å². The van der Waals surface area contributed by atoms with Crippen molar-refractivity contribution in [3.8, 4) is 0 Å². The standard InChI is InChI=1S/C8H13N3O3/c1-11(2)8-9-6(14-10-8)4-3-5-7(12)13/h3-5H2,1-2H3,(H,12,13). The fourth-order valence-electron chi connectivity index (χ4n) is 0.920. The first-order chi connectivity index (χ1) is 6.59. The van der Waals surface area contributed by atoms with Crippen LogP contribution in [0.25, 0.3) is 0 Å². The van der Waals surface area contributed by atoms with Crippen LogP contribution in [-0.2, 0) is 11.2 Å². The molecule has 1 heterocycles. The number of rotatable bonds is 5. The third kappa shape index (κ3) is 3.04. The zero-order valence-electron chi connectivity index (χ0n) is 8.23. The average molecular weight is 199 g/mol. The minimum atomic E-state index is -0.808. The lowest BCUT2D eigenvalue weighted by molar-refractivity contribution is -0.137. The molecular weight excluding hydrogens is 186 g/mol. The maximum atomic E-state index is 10.2. The topological polar surface area (TPSA) is 79.5 Å². The number of aliphatic carboxylic acids is 1. The van der Waals surface area contributed by atoms with E-state index in [0.717, 1.165) is 0 Å². The van der Waals surface area contributed by atoms with Crippen LogP contribution in [0.15, 0.2) is 4.52 Å². The van der Waals surface area contributed by atoms with Gasteiger partial charge >= 0.3 is 5.97 Å². The van der Waals surface area contributed by atoms with Crippen molar-refractivity contribution in [2.75, 3.05) is 19.0 Å². The molecule has 6 nitrogen and oxygen atoms in total. The van der Waals surface area contributed by atoms with Gasteiger partial charge in [-0.15, -0.1) is 0 Å². The second kappa shape index (κ2) is 4.59. The van der Waals surface area contributed by atoms with Crippen molar-refractivity contribution in [2.24, 2.45) is 0 Å². The second-order valence-corrected chi connectivity index (χ2v) is 3.13. The first kappa shape index (κ1) is 10.5. The Balaban J connectivity index is 2.40. The van der Waals surface area contributed by atoms with Crippen molar-refractivity contribution in [1.82, 2.24) is 10.1 Å². The van der Waals surface area contributed by atoms with Crippen LogP contribution in [0.1, 0.15) is 18.7 Å². The number of aromatic nitrogens is 2. The van der Waals surface area contributed by atoms with E-state index in [1.165, 1.54) is 0 Å². The number of carboxylic acids is 1. The number of carboxylic acid groups (broad SMARTS) is 1. The maximum Gasteiger partial charge on any atom is 0.303 e. The molecule has 0 radical (unpaired) electrons. The first-order valence-electron chi connectivity index (χ1n) is 4.31.